The van der Waals surface area contributed by atoms with Gasteiger partial charge in [0.05, 0.1) is 35.7 Å². The zero-order valence-corrected chi connectivity index (χ0v) is 24.2. The Bertz CT molecular complexity index is 1330. The number of aryl methyl sites for hydroxylation is 2. The first-order valence-corrected chi connectivity index (χ1v) is 15.9. The van der Waals surface area contributed by atoms with Crippen molar-refractivity contribution in [1.29, 1.82) is 0 Å². The fourth-order valence-electron chi connectivity index (χ4n) is 4.93. The zero-order chi connectivity index (χ0) is 27.5. The van der Waals surface area contributed by atoms with Crippen LogP contribution in [-0.4, -0.2) is 88.9 Å². The van der Waals surface area contributed by atoms with Crippen molar-refractivity contribution in [2.75, 3.05) is 45.9 Å². The van der Waals surface area contributed by atoms with Gasteiger partial charge in [0.15, 0.2) is 0 Å². The summed E-state index contributed by atoms with van der Waals surface area (Å²) in [4.78, 5) is 4.35. The molecule has 0 amide bonds. The van der Waals surface area contributed by atoms with Gasteiger partial charge < -0.3 is 9.64 Å². The van der Waals surface area contributed by atoms with Gasteiger partial charge in [-0.1, -0.05) is 49.2 Å². The van der Waals surface area contributed by atoms with Crippen LogP contribution in [-0.2, 0) is 24.8 Å². The van der Waals surface area contributed by atoms with Crippen molar-refractivity contribution in [3.63, 3.8) is 0 Å². The van der Waals surface area contributed by atoms with Crippen LogP contribution < -0.4 is 0 Å². The lowest BCUT2D eigenvalue weighted by molar-refractivity contribution is 0.0396. The summed E-state index contributed by atoms with van der Waals surface area (Å²) in [5.41, 5.74) is 1.93. The Labute approximate surface area is 227 Å². The molecule has 0 saturated carbocycles. The van der Waals surface area contributed by atoms with Crippen LogP contribution in [0.25, 0.3) is 0 Å². The SMILES string of the molecule is Cc1ccc(S(=O)(=O)N=C(CN2CCOCC2)N2CCCN(S(=O)(=O)c3ccc(C)cc3)[C@H]2C(C)C)cc1. The van der Waals surface area contributed by atoms with E-state index in [4.69, 9.17) is 4.74 Å². The van der Waals surface area contributed by atoms with E-state index in [2.05, 4.69) is 9.30 Å². The third-order valence-electron chi connectivity index (χ3n) is 6.96. The first kappa shape index (κ1) is 28.7. The van der Waals surface area contributed by atoms with Crippen molar-refractivity contribution in [2.24, 2.45) is 10.3 Å². The second-order valence-corrected chi connectivity index (χ2v) is 13.8. The second-order valence-electron chi connectivity index (χ2n) is 10.3. The van der Waals surface area contributed by atoms with Gasteiger partial charge in [0.25, 0.3) is 10.0 Å². The van der Waals surface area contributed by atoms with E-state index in [1.54, 1.807) is 48.5 Å². The Kier molecular flexibility index (Phi) is 8.93. The molecule has 0 aromatic heterocycles. The highest BCUT2D eigenvalue weighted by Gasteiger charge is 2.41. The highest BCUT2D eigenvalue weighted by Crippen LogP contribution is 2.29. The summed E-state index contributed by atoms with van der Waals surface area (Å²) in [6, 6.07) is 13.5. The highest BCUT2D eigenvalue weighted by atomic mass is 32.2. The Morgan fingerprint density at radius 1 is 0.868 bits per heavy atom. The van der Waals surface area contributed by atoms with Crippen LogP contribution in [0, 0.1) is 19.8 Å². The van der Waals surface area contributed by atoms with Gasteiger partial charge in [-0.2, -0.15) is 12.7 Å². The van der Waals surface area contributed by atoms with E-state index in [0.717, 1.165) is 11.1 Å². The summed E-state index contributed by atoms with van der Waals surface area (Å²) < 4.78 is 65.9. The molecular weight excluding hydrogens is 524 g/mol. The van der Waals surface area contributed by atoms with E-state index < -0.39 is 26.2 Å². The van der Waals surface area contributed by atoms with Gasteiger partial charge in [0.1, 0.15) is 5.84 Å². The van der Waals surface area contributed by atoms with E-state index in [1.807, 2.05) is 32.6 Å². The van der Waals surface area contributed by atoms with Gasteiger partial charge in [-0.25, -0.2) is 8.42 Å². The number of hydrogen-bond donors (Lipinski definition) is 0. The summed E-state index contributed by atoms with van der Waals surface area (Å²) in [6.45, 7) is 11.3. The lowest BCUT2D eigenvalue weighted by Crippen LogP contribution is -2.61. The van der Waals surface area contributed by atoms with E-state index in [1.165, 1.54) is 4.31 Å². The van der Waals surface area contributed by atoms with Crippen molar-refractivity contribution in [3.05, 3.63) is 59.7 Å². The quantitative estimate of drug-likeness (QED) is 0.378. The number of hydrogen-bond acceptors (Lipinski definition) is 6. The van der Waals surface area contributed by atoms with E-state index >= 15 is 0 Å². The molecule has 2 heterocycles. The van der Waals surface area contributed by atoms with Gasteiger partial charge in [0.2, 0.25) is 10.0 Å². The monoisotopic (exact) mass is 562 g/mol. The average molecular weight is 563 g/mol. The molecule has 2 saturated heterocycles. The minimum atomic E-state index is -4.01. The maximum Gasteiger partial charge on any atom is 0.283 e. The fourth-order valence-corrected chi connectivity index (χ4v) is 7.72. The normalized spacial score (nSPS) is 20.7. The van der Waals surface area contributed by atoms with Crippen molar-refractivity contribution in [3.8, 4) is 0 Å². The van der Waals surface area contributed by atoms with Crippen LogP contribution in [0.3, 0.4) is 0 Å². The number of amidine groups is 1. The maximum atomic E-state index is 13.8. The summed E-state index contributed by atoms with van der Waals surface area (Å²) in [6.07, 6.45) is -0.0239. The number of benzene rings is 2. The molecular formula is C27H38N4O5S2. The molecule has 2 aliphatic rings. The molecule has 11 heteroatoms. The molecule has 0 unspecified atom stereocenters. The maximum absolute atomic E-state index is 13.8. The van der Waals surface area contributed by atoms with Gasteiger partial charge in [-0.3, -0.25) is 4.90 Å². The van der Waals surface area contributed by atoms with Crippen LogP contribution in [0.15, 0.2) is 62.7 Å². The molecule has 1 atom stereocenters. The highest BCUT2D eigenvalue weighted by molar-refractivity contribution is 7.90. The third kappa shape index (κ3) is 6.45. The van der Waals surface area contributed by atoms with Gasteiger partial charge >= 0.3 is 0 Å². The lowest BCUT2D eigenvalue weighted by atomic mass is 10.1. The van der Waals surface area contributed by atoms with Crippen molar-refractivity contribution >= 4 is 25.9 Å². The molecule has 0 spiro atoms. The first-order chi connectivity index (χ1) is 18.0. The topological polar surface area (TPSA) is 99.6 Å². The molecule has 0 N–H and O–H groups in total. The van der Waals surface area contributed by atoms with E-state index in [-0.39, 0.29) is 22.3 Å². The van der Waals surface area contributed by atoms with Crippen LogP contribution in [0.5, 0.6) is 0 Å². The minimum absolute atomic E-state index is 0.116. The Hall–Kier alpha value is -2.31. The third-order valence-corrected chi connectivity index (χ3v) is 10.2. The molecule has 0 aliphatic carbocycles. The smallest absolute Gasteiger partial charge is 0.283 e. The Balaban J connectivity index is 1.76. The molecule has 2 aliphatic heterocycles. The Morgan fingerprint density at radius 2 is 1.42 bits per heavy atom. The minimum Gasteiger partial charge on any atom is -0.379 e. The van der Waals surface area contributed by atoms with Crippen LogP contribution >= 0.6 is 0 Å². The number of ether oxygens (including phenoxy) is 1. The van der Waals surface area contributed by atoms with E-state index in [9.17, 15) is 16.8 Å². The molecule has 9 nitrogen and oxygen atoms in total. The molecule has 2 fully saturated rings. The number of rotatable bonds is 7. The van der Waals surface area contributed by atoms with Gasteiger partial charge in [-0.05, 0) is 50.5 Å². The Morgan fingerprint density at radius 3 is 1.97 bits per heavy atom. The molecule has 38 heavy (non-hydrogen) atoms. The largest absolute Gasteiger partial charge is 0.379 e. The van der Waals surface area contributed by atoms with Crippen LogP contribution in [0.2, 0.25) is 0 Å². The number of sulfonamides is 2. The molecule has 2 aromatic carbocycles. The predicted octanol–water partition coefficient (Wildman–Crippen LogP) is 3.10. The van der Waals surface area contributed by atoms with Crippen LogP contribution in [0.1, 0.15) is 31.4 Å². The molecule has 208 valence electrons. The molecule has 4 rings (SSSR count). The molecule has 2 aromatic rings. The van der Waals surface area contributed by atoms with E-state index in [0.29, 0.717) is 51.6 Å². The predicted molar refractivity (Wildman–Crippen MR) is 148 cm³/mol. The summed E-state index contributed by atoms with van der Waals surface area (Å²) >= 11 is 0. The van der Waals surface area contributed by atoms with Gasteiger partial charge in [-0.15, -0.1) is 4.40 Å². The van der Waals surface area contributed by atoms with Crippen LogP contribution in [0.4, 0.5) is 0 Å². The lowest BCUT2D eigenvalue weighted by Gasteiger charge is -2.47. The fraction of sp³-hybridized carbons (Fsp3) is 0.519. The summed E-state index contributed by atoms with van der Waals surface area (Å²) in [7, 11) is -7.83. The second kappa shape index (κ2) is 11.8. The summed E-state index contributed by atoms with van der Waals surface area (Å²) in [5.74, 6) is 0.238. The van der Waals surface area contributed by atoms with Crippen molar-refractivity contribution in [1.82, 2.24) is 14.1 Å². The van der Waals surface area contributed by atoms with Crippen molar-refractivity contribution < 1.29 is 21.6 Å². The number of morpholine rings is 1. The average Bonchev–Trinajstić information content (AvgIpc) is 2.89. The molecule has 0 bridgehead atoms. The number of nitrogens with zero attached hydrogens (tertiary/aromatic N) is 4. The van der Waals surface area contributed by atoms with Gasteiger partial charge in [0, 0.05) is 26.2 Å². The molecule has 0 radical (unpaired) electrons. The first-order valence-electron chi connectivity index (χ1n) is 13.0. The standard InChI is InChI=1S/C27H38N4O5S2/c1-21(2)27-30(14-5-15-31(27)38(34,35)25-12-8-23(4)9-13-25)26(20-29-16-18-36-19-17-29)28-37(32,33)24-10-6-22(3)7-11-24/h6-13,21,27H,5,14-20H2,1-4H3/t27-/m0/s1. The summed E-state index contributed by atoms with van der Waals surface area (Å²) in [5, 5.41) is 0. The van der Waals surface area contributed by atoms with Crippen molar-refractivity contribution in [2.45, 2.75) is 50.1 Å². The zero-order valence-electron chi connectivity index (χ0n) is 22.6.